The zero-order valence-corrected chi connectivity index (χ0v) is 13.3. The highest BCUT2D eigenvalue weighted by Gasteiger charge is 2.03. The number of benzene rings is 3. The van der Waals surface area contributed by atoms with Crippen molar-refractivity contribution in [1.29, 1.82) is 0 Å². The second kappa shape index (κ2) is 7.42. The van der Waals surface area contributed by atoms with E-state index in [4.69, 9.17) is 0 Å². The van der Waals surface area contributed by atoms with Crippen LogP contribution in [0.3, 0.4) is 0 Å². The smallest absolute Gasteiger partial charge is 0.0111 e. The molecular formula is C23H20. The lowest BCUT2D eigenvalue weighted by Crippen LogP contribution is -1.87. The molecule has 0 bridgehead atoms. The van der Waals surface area contributed by atoms with E-state index in [0.29, 0.717) is 0 Å². The average Bonchev–Trinajstić information content (AvgIpc) is 2.64. The Hall–Kier alpha value is -2.86. The fraction of sp³-hybridized carbons (Fsp3) is 0.0435. The number of allylic oxidation sites excluding steroid dienone is 3. The maximum absolute atomic E-state index is 2.22. The molecule has 0 atom stereocenters. The minimum Gasteiger partial charge on any atom is -0.0622 e. The van der Waals surface area contributed by atoms with Crippen molar-refractivity contribution < 1.29 is 0 Å². The molecule has 0 unspecified atom stereocenters. The van der Waals surface area contributed by atoms with Crippen LogP contribution in [0.1, 0.15) is 23.6 Å². The summed E-state index contributed by atoms with van der Waals surface area (Å²) in [5.41, 5.74) is 6.22. The Morgan fingerprint density at radius 2 is 0.913 bits per heavy atom. The lowest BCUT2D eigenvalue weighted by atomic mass is 9.96. The van der Waals surface area contributed by atoms with Crippen LogP contribution in [0.25, 0.3) is 11.1 Å². The van der Waals surface area contributed by atoms with Gasteiger partial charge in [0, 0.05) is 0 Å². The zero-order valence-electron chi connectivity index (χ0n) is 13.3. The molecule has 3 rings (SSSR count). The molecule has 0 N–H and O–H groups in total. The van der Waals surface area contributed by atoms with Crippen LogP contribution in [0.15, 0.2) is 103 Å². The number of hydrogen-bond acceptors (Lipinski definition) is 0. The van der Waals surface area contributed by atoms with Crippen LogP contribution in [-0.2, 0) is 0 Å². The monoisotopic (exact) mass is 296 g/mol. The SMILES string of the molecule is CC(=CC=C(c1ccccc1)c1ccccc1)c1ccccc1. The summed E-state index contributed by atoms with van der Waals surface area (Å²) in [5.74, 6) is 0. The van der Waals surface area contributed by atoms with Gasteiger partial charge in [0.25, 0.3) is 0 Å². The van der Waals surface area contributed by atoms with Crippen molar-refractivity contribution in [2.45, 2.75) is 6.92 Å². The summed E-state index contributed by atoms with van der Waals surface area (Å²) in [6, 6.07) is 31.6. The Balaban J connectivity index is 2.02. The van der Waals surface area contributed by atoms with E-state index < -0.39 is 0 Å². The van der Waals surface area contributed by atoms with Gasteiger partial charge in [-0.2, -0.15) is 0 Å². The third-order valence-corrected chi connectivity index (χ3v) is 3.90. The Morgan fingerprint density at radius 1 is 0.522 bits per heavy atom. The molecule has 0 aliphatic rings. The van der Waals surface area contributed by atoms with Crippen molar-refractivity contribution in [3.8, 4) is 0 Å². The largest absolute Gasteiger partial charge is 0.0622 e. The molecule has 0 nitrogen and oxygen atoms in total. The van der Waals surface area contributed by atoms with E-state index in [2.05, 4.69) is 104 Å². The summed E-state index contributed by atoms with van der Waals surface area (Å²) < 4.78 is 0. The molecule has 112 valence electrons. The predicted octanol–water partition coefficient (Wildman–Crippen LogP) is 6.22. The Kier molecular flexibility index (Phi) is 4.85. The molecule has 0 aromatic heterocycles. The zero-order chi connectivity index (χ0) is 15.9. The summed E-state index contributed by atoms with van der Waals surface area (Å²) in [6.07, 6.45) is 4.41. The molecule has 0 heterocycles. The quantitative estimate of drug-likeness (QED) is 0.501. The molecule has 0 radical (unpaired) electrons. The van der Waals surface area contributed by atoms with E-state index in [1.807, 2.05) is 6.07 Å². The van der Waals surface area contributed by atoms with Crippen LogP contribution in [-0.4, -0.2) is 0 Å². The van der Waals surface area contributed by atoms with Crippen LogP contribution in [0, 0.1) is 0 Å². The fourth-order valence-corrected chi connectivity index (χ4v) is 2.60. The van der Waals surface area contributed by atoms with E-state index in [-0.39, 0.29) is 0 Å². The highest BCUT2D eigenvalue weighted by Crippen LogP contribution is 2.24. The minimum absolute atomic E-state index is 1.23. The lowest BCUT2D eigenvalue weighted by Gasteiger charge is -2.08. The Morgan fingerprint density at radius 3 is 1.35 bits per heavy atom. The van der Waals surface area contributed by atoms with Gasteiger partial charge in [0.15, 0.2) is 0 Å². The van der Waals surface area contributed by atoms with Gasteiger partial charge in [0.05, 0.1) is 0 Å². The first-order valence-corrected chi connectivity index (χ1v) is 7.89. The summed E-state index contributed by atoms with van der Waals surface area (Å²) in [5, 5.41) is 0. The summed E-state index contributed by atoms with van der Waals surface area (Å²) in [6.45, 7) is 2.15. The molecule has 0 spiro atoms. The van der Waals surface area contributed by atoms with Crippen LogP contribution < -0.4 is 0 Å². The number of rotatable bonds is 4. The third-order valence-electron chi connectivity index (χ3n) is 3.90. The average molecular weight is 296 g/mol. The second-order valence-corrected chi connectivity index (χ2v) is 5.53. The van der Waals surface area contributed by atoms with Crippen LogP contribution in [0.4, 0.5) is 0 Å². The van der Waals surface area contributed by atoms with Crippen LogP contribution in [0.5, 0.6) is 0 Å². The lowest BCUT2D eigenvalue weighted by molar-refractivity contribution is 1.53. The molecular weight excluding hydrogens is 276 g/mol. The Bertz CT molecular complexity index is 753. The maximum atomic E-state index is 2.22. The van der Waals surface area contributed by atoms with Crippen molar-refractivity contribution >= 4 is 11.1 Å². The van der Waals surface area contributed by atoms with Gasteiger partial charge in [-0.15, -0.1) is 0 Å². The van der Waals surface area contributed by atoms with Gasteiger partial charge in [-0.3, -0.25) is 0 Å². The minimum atomic E-state index is 1.23. The molecule has 0 saturated carbocycles. The van der Waals surface area contributed by atoms with Gasteiger partial charge in [-0.1, -0.05) is 103 Å². The highest BCUT2D eigenvalue weighted by molar-refractivity contribution is 5.82. The van der Waals surface area contributed by atoms with Gasteiger partial charge in [0.2, 0.25) is 0 Å². The van der Waals surface area contributed by atoms with Crippen LogP contribution in [0.2, 0.25) is 0 Å². The van der Waals surface area contributed by atoms with Crippen molar-refractivity contribution in [1.82, 2.24) is 0 Å². The normalized spacial score (nSPS) is 11.1. The fourth-order valence-electron chi connectivity index (χ4n) is 2.60. The van der Waals surface area contributed by atoms with E-state index in [9.17, 15) is 0 Å². The van der Waals surface area contributed by atoms with Gasteiger partial charge in [0.1, 0.15) is 0 Å². The maximum Gasteiger partial charge on any atom is -0.0111 e. The Labute approximate surface area is 138 Å². The second-order valence-electron chi connectivity index (χ2n) is 5.53. The molecule has 0 saturated heterocycles. The summed E-state index contributed by atoms with van der Waals surface area (Å²) in [4.78, 5) is 0. The molecule has 0 aliphatic carbocycles. The van der Waals surface area contributed by atoms with Gasteiger partial charge in [-0.25, -0.2) is 0 Å². The van der Waals surface area contributed by atoms with Gasteiger partial charge < -0.3 is 0 Å². The molecule has 3 aromatic rings. The van der Waals surface area contributed by atoms with E-state index in [1.54, 1.807) is 0 Å². The number of hydrogen-bond donors (Lipinski definition) is 0. The summed E-state index contributed by atoms with van der Waals surface area (Å²) in [7, 11) is 0. The first-order valence-electron chi connectivity index (χ1n) is 7.89. The van der Waals surface area contributed by atoms with E-state index in [1.165, 1.54) is 27.8 Å². The van der Waals surface area contributed by atoms with Crippen molar-refractivity contribution in [3.05, 3.63) is 120 Å². The first-order chi connectivity index (χ1) is 11.3. The molecule has 0 fully saturated rings. The predicted molar refractivity (Wildman–Crippen MR) is 100 cm³/mol. The summed E-state index contributed by atoms with van der Waals surface area (Å²) >= 11 is 0. The van der Waals surface area contributed by atoms with Crippen molar-refractivity contribution in [3.63, 3.8) is 0 Å². The third kappa shape index (κ3) is 3.87. The highest BCUT2D eigenvalue weighted by atomic mass is 14.1. The van der Waals surface area contributed by atoms with Crippen LogP contribution >= 0.6 is 0 Å². The first kappa shape index (κ1) is 15.1. The molecule has 0 heteroatoms. The molecule has 0 amide bonds. The van der Waals surface area contributed by atoms with Crippen molar-refractivity contribution in [2.75, 3.05) is 0 Å². The van der Waals surface area contributed by atoms with Gasteiger partial charge in [-0.05, 0) is 34.8 Å². The van der Waals surface area contributed by atoms with Crippen molar-refractivity contribution in [2.24, 2.45) is 0 Å². The standard InChI is InChI=1S/C23H20/c1-19(20-11-5-2-6-12-20)17-18-23(21-13-7-3-8-14-21)22-15-9-4-10-16-22/h2-18H,1H3. The van der Waals surface area contributed by atoms with E-state index >= 15 is 0 Å². The molecule has 3 aromatic carbocycles. The van der Waals surface area contributed by atoms with E-state index in [0.717, 1.165) is 0 Å². The van der Waals surface area contributed by atoms with Gasteiger partial charge >= 0.3 is 0 Å². The molecule has 23 heavy (non-hydrogen) atoms. The molecule has 0 aliphatic heterocycles. The topological polar surface area (TPSA) is 0 Å².